The van der Waals surface area contributed by atoms with Crippen LogP contribution in [-0.4, -0.2) is 38.0 Å². The Morgan fingerprint density at radius 2 is 1.71 bits per heavy atom. The molecule has 0 aromatic heterocycles. The molecule has 1 fully saturated rings. The maximum absolute atomic E-state index is 9.22. The molecule has 3 nitrogen and oxygen atoms in total. The van der Waals surface area contributed by atoms with Crippen LogP contribution in [0.3, 0.4) is 0 Å². The van der Waals surface area contributed by atoms with Gasteiger partial charge in [-0.25, -0.2) is 0 Å². The van der Waals surface area contributed by atoms with Crippen LogP contribution < -0.4 is 5.32 Å². The predicted octanol–water partition coefficient (Wildman–Crippen LogP) is 2.05. The van der Waals surface area contributed by atoms with Gasteiger partial charge < -0.3 is 15.2 Å². The predicted molar refractivity (Wildman–Crippen MR) is 71.1 cm³/mol. The quantitative estimate of drug-likeness (QED) is 0.750. The number of nitrogens with one attached hydrogen (secondary N) is 1. The molecule has 0 bridgehead atoms. The van der Waals surface area contributed by atoms with E-state index >= 15 is 0 Å². The molecule has 1 aliphatic rings. The van der Waals surface area contributed by atoms with Crippen LogP contribution in [-0.2, 0) is 4.74 Å². The molecule has 0 aliphatic carbocycles. The van der Waals surface area contributed by atoms with Gasteiger partial charge in [0.05, 0.1) is 0 Å². The van der Waals surface area contributed by atoms with Crippen LogP contribution in [0.1, 0.15) is 40.5 Å². The van der Waals surface area contributed by atoms with E-state index in [4.69, 9.17) is 4.74 Å². The summed E-state index contributed by atoms with van der Waals surface area (Å²) < 4.78 is 5.42. The van der Waals surface area contributed by atoms with Crippen molar-refractivity contribution in [3.63, 3.8) is 0 Å². The lowest BCUT2D eigenvalue weighted by molar-refractivity contribution is 0.0216. The Kier molecular flexibility index (Phi) is 5.42. The zero-order valence-electron chi connectivity index (χ0n) is 11.9. The monoisotopic (exact) mass is 243 g/mol. The van der Waals surface area contributed by atoms with Gasteiger partial charge in [0.2, 0.25) is 0 Å². The van der Waals surface area contributed by atoms with E-state index in [9.17, 15) is 5.11 Å². The highest BCUT2D eigenvalue weighted by Gasteiger charge is 2.31. The summed E-state index contributed by atoms with van der Waals surface area (Å²) in [5.74, 6) is 0.751. The molecule has 3 heteroatoms. The molecule has 102 valence electrons. The summed E-state index contributed by atoms with van der Waals surface area (Å²) in [6.07, 6.45) is 2.36. The molecule has 2 N–H and O–H groups in total. The van der Waals surface area contributed by atoms with E-state index < -0.39 is 0 Å². The number of aliphatic hydroxyl groups excluding tert-OH is 1. The Labute approximate surface area is 106 Å². The highest BCUT2D eigenvalue weighted by Crippen LogP contribution is 2.33. The molecular formula is C14H29NO2. The second-order valence-electron chi connectivity index (χ2n) is 6.80. The van der Waals surface area contributed by atoms with Crippen molar-refractivity contribution in [1.29, 1.82) is 0 Å². The lowest BCUT2D eigenvalue weighted by Crippen LogP contribution is -2.42. The topological polar surface area (TPSA) is 41.5 Å². The molecule has 0 aromatic carbocycles. The summed E-state index contributed by atoms with van der Waals surface area (Å²) >= 11 is 0. The standard InChI is InChI=1S/C14H29NO2/c1-13(2,11-16)9-15-10-14(3,4)12-5-7-17-8-6-12/h12,15-16H,5-11H2,1-4H3. The van der Waals surface area contributed by atoms with Gasteiger partial charge in [-0.2, -0.15) is 0 Å². The van der Waals surface area contributed by atoms with E-state index in [1.807, 2.05) is 0 Å². The molecule has 0 aromatic rings. The fourth-order valence-electron chi connectivity index (χ4n) is 2.40. The summed E-state index contributed by atoms with van der Waals surface area (Å²) in [7, 11) is 0. The number of hydrogen-bond acceptors (Lipinski definition) is 3. The Hall–Kier alpha value is -0.120. The largest absolute Gasteiger partial charge is 0.396 e. The van der Waals surface area contributed by atoms with Crippen molar-refractivity contribution in [3.05, 3.63) is 0 Å². The van der Waals surface area contributed by atoms with Gasteiger partial charge in [0, 0.05) is 38.3 Å². The van der Waals surface area contributed by atoms with Crippen molar-refractivity contribution in [1.82, 2.24) is 5.32 Å². The van der Waals surface area contributed by atoms with Crippen LogP contribution in [0.5, 0.6) is 0 Å². The van der Waals surface area contributed by atoms with Crippen molar-refractivity contribution < 1.29 is 9.84 Å². The molecule has 17 heavy (non-hydrogen) atoms. The molecule has 1 aliphatic heterocycles. The van der Waals surface area contributed by atoms with Crippen LogP contribution in [0.2, 0.25) is 0 Å². The van der Waals surface area contributed by atoms with Crippen molar-refractivity contribution in [2.45, 2.75) is 40.5 Å². The van der Waals surface area contributed by atoms with Gasteiger partial charge in [0.25, 0.3) is 0 Å². The van der Waals surface area contributed by atoms with E-state index in [0.29, 0.717) is 5.41 Å². The van der Waals surface area contributed by atoms with E-state index in [-0.39, 0.29) is 12.0 Å². The van der Waals surface area contributed by atoms with Gasteiger partial charge >= 0.3 is 0 Å². The first-order valence-corrected chi connectivity index (χ1v) is 6.77. The van der Waals surface area contributed by atoms with Crippen LogP contribution in [0.25, 0.3) is 0 Å². The Balaban J connectivity index is 2.33. The molecule has 1 rings (SSSR count). The van der Waals surface area contributed by atoms with Gasteiger partial charge in [-0.3, -0.25) is 0 Å². The zero-order valence-corrected chi connectivity index (χ0v) is 11.9. The van der Waals surface area contributed by atoms with Crippen molar-refractivity contribution in [2.24, 2.45) is 16.7 Å². The average Bonchev–Trinajstić information content (AvgIpc) is 2.30. The SMILES string of the molecule is CC(C)(CO)CNCC(C)(C)C1CCOCC1. The zero-order chi connectivity index (χ0) is 12.9. The molecule has 1 heterocycles. The second-order valence-corrected chi connectivity index (χ2v) is 6.80. The third kappa shape index (κ3) is 4.94. The average molecular weight is 243 g/mol. The first-order valence-electron chi connectivity index (χ1n) is 6.77. The highest BCUT2D eigenvalue weighted by atomic mass is 16.5. The van der Waals surface area contributed by atoms with Crippen LogP contribution in [0, 0.1) is 16.7 Å². The summed E-state index contributed by atoms with van der Waals surface area (Å²) in [5.41, 5.74) is 0.293. The van der Waals surface area contributed by atoms with E-state index in [1.54, 1.807) is 0 Å². The highest BCUT2D eigenvalue weighted by molar-refractivity contribution is 4.83. The maximum Gasteiger partial charge on any atom is 0.0494 e. The Bertz CT molecular complexity index is 220. The summed E-state index contributed by atoms with van der Waals surface area (Å²) in [6, 6.07) is 0. The molecule has 1 saturated heterocycles. The molecule has 0 saturated carbocycles. The van der Waals surface area contributed by atoms with Gasteiger partial charge in [-0.1, -0.05) is 27.7 Å². The fraction of sp³-hybridized carbons (Fsp3) is 1.00. The van der Waals surface area contributed by atoms with E-state index in [1.165, 1.54) is 12.8 Å². The summed E-state index contributed by atoms with van der Waals surface area (Å²) in [6.45, 7) is 12.8. The lowest BCUT2D eigenvalue weighted by Gasteiger charge is -2.38. The van der Waals surface area contributed by atoms with Gasteiger partial charge in [-0.15, -0.1) is 0 Å². The first kappa shape index (κ1) is 14.9. The van der Waals surface area contributed by atoms with Gasteiger partial charge in [0.15, 0.2) is 0 Å². The molecule has 0 amide bonds. The Morgan fingerprint density at radius 1 is 1.12 bits per heavy atom. The maximum atomic E-state index is 9.22. The minimum Gasteiger partial charge on any atom is -0.396 e. The molecule has 0 radical (unpaired) electrons. The van der Waals surface area contributed by atoms with E-state index in [2.05, 4.69) is 33.0 Å². The number of ether oxygens (including phenoxy) is 1. The molecule has 0 spiro atoms. The molecular weight excluding hydrogens is 214 g/mol. The second kappa shape index (κ2) is 6.17. The summed E-state index contributed by atoms with van der Waals surface area (Å²) in [4.78, 5) is 0. The lowest BCUT2D eigenvalue weighted by atomic mass is 9.74. The number of aliphatic hydroxyl groups is 1. The van der Waals surface area contributed by atoms with Crippen LogP contribution in [0.15, 0.2) is 0 Å². The smallest absolute Gasteiger partial charge is 0.0494 e. The third-order valence-electron chi connectivity index (χ3n) is 3.94. The van der Waals surface area contributed by atoms with Crippen LogP contribution in [0.4, 0.5) is 0 Å². The number of hydrogen-bond donors (Lipinski definition) is 2. The molecule has 0 atom stereocenters. The minimum atomic E-state index is -0.0221. The normalized spacial score (nSPS) is 19.6. The fourth-order valence-corrected chi connectivity index (χ4v) is 2.40. The summed E-state index contributed by atoms with van der Waals surface area (Å²) in [5, 5.41) is 12.7. The third-order valence-corrected chi connectivity index (χ3v) is 3.94. The van der Waals surface area contributed by atoms with Gasteiger partial charge in [-0.05, 0) is 24.2 Å². The van der Waals surface area contributed by atoms with Crippen molar-refractivity contribution in [2.75, 3.05) is 32.9 Å². The molecule has 0 unspecified atom stereocenters. The van der Waals surface area contributed by atoms with Crippen molar-refractivity contribution >= 4 is 0 Å². The minimum absolute atomic E-state index is 0.0221. The first-order chi connectivity index (χ1) is 7.87. The van der Waals surface area contributed by atoms with Gasteiger partial charge in [0.1, 0.15) is 0 Å². The van der Waals surface area contributed by atoms with E-state index in [0.717, 1.165) is 32.2 Å². The number of rotatable bonds is 6. The van der Waals surface area contributed by atoms with Crippen molar-refractivity contribution in [3.8, 4) is 0 Å². The Morgan fingerprint density at radius 3 is 2.24 bits per heavy atom. The van der Waals surface area contributed by atoms with Crippen LogP contribution >= 0.6 is 0 Å².